The van der Waals surface area contributed by atoms with Gasteiger partial charge in [0, 0.05) is 18.5 Å². The monoisotopic (exact) mass is 243 g/mol. The molecule has 0 radical (unpaired) electrons. The second kappa shape index (κ2) is 6.30. The molecular formula is C12H15F2NO2. The number of rotatable bonds is 6. The van der Waals surface area contributed by atoms with Gasteiger partial charge >= 0.3 is 5.97 Å². The Balaban J connectivity index is 2.46. The average Bonchev–Trinajstić information content (AvgIpc) is 2.22. The topological polar surface area (TPSA) is 49.3 Å². The lowest BCUT2D eigenvalue weighted by molar-refractivity contribution is -0.137. The molecule has 1 aromatic rings. The Labute approximate surface area is 98.5 Å². The molecule has 17 heavy (non-hydrogen) atoms. The van der Waals surface area contributed by atoms with Crippen molar-refractivity contribution in [2.45, 2.75) is 25.8 Å². The van der Waals surface area contributed by atoms with Crippen LogP contribution in [0.15, 0.2) is 18.2 Å². The van der Waals surface area contributed by atoms with Crippen LogP contribution in [0.1, 0.15) is 31.4 Å². The van der Waals surface area contributed by atoms with Crippen molar-refractivity contribution >= 4 is 5.97 Å². The summed E-state index contributed by atoms with van der Waals surface area (Å²) in [5, 5.41) is 11.5. The summed E-state index contributed by atoms with van der Waals surface area (Å²) in [7, 11) is 0. The fourth-order valence-corrected chi connectivity index (χ4v) is 1.50. The molecule has 1 unspecified atom stereocenters. The molecule has 0 fully saturated rings. The highest BCUT2D eigenvalue weighted by Crippen LogP contribution is 2.15. The molecule has 2 N–H and O–H groups in total. The molecule has 0 saturated heterocycles. The third kappa shape index (κ3) is 4.91. The van der Waals surface area contributed by atoms with E-state index in [0.717, 1.165) is 6.07 Å². The molecule has 0 amide bonds. The SMILES string of the molecule is CC(NCCCC(=O)O)c1cc(F)cc(F)c1. The second-order valence-corrected chi connectivity index (χ2v) is 3.88. The number of nitrogens with one attached hydrogen (secondary N) is 1. The predicted molar refractivity (Wildman–Crippen MR) is 59.6 cm³/mol. The number of halogens is 2. The first-order chi connectivity index (χ1) is 7.99. The van der Waals surface area contributed by atoms with Crippen molar-refractivity contribution < 1.29 is 18.7 Å². The number of carboxylic acid groups (broad SMARTS) is 1. The van der Waals surface area contributed by atoms with Crippen LogP contribution in [0.5, 0.6) is 0 Å². The second-order valence-electron chi connectivity index (χ2n) is 3.88. The Bertz CT molecular complexity index is 376. The van der Waals surface area contributed by atoms with Gasteiger partial charge in [-0.25, -0.2) is 8.78 Å². The van der Waals surface area contributed by atoms with Gasteiger partial charge in [-0.05, 0) is 37.6 Å². The zero-order valence-electron chi connectivity index (χ0n) is 9.54. The highest BCUT2D eigenvalue weighted by molar-refractivity contribution is 5.66. The van der Waals surface area contributed by atoms with Crippen LogP contribution in [0.2, 0.25) is 0 Å². The van der Waals surface area contributed by atoms with Gasteiger partial charge < -0.3 is 10.4 Å². The van der Waals surface area contributed by atoms with E-state index >= 15 is 0 Å². The van der Waals surface area contributed by atoms with Crippen LogP contribution in [0, 0.1) is 11.6 Å². The number of carboxylic acids is 1. The minimum Gasteiger partial charge on any atom is -0.481 e. The third-order valence-electron chi connectivity index (χ3n) is 2.40. The quantitative estimate of drug-likeness (QED) is 0.755. The summed E-state index contributed by atoms with van der Waals surface area (Å²) in [6.45, 7) is 2.26. The van der Waals surface area contributed by atoms with Crippen molar-refractivity contribution in [3.63, 3.8) is 0 Å². The summed E-state index contributed by atoms with van der Waals surface area (Å²) >= 11 is 0. The van der Waals surface area contributed by atoms with Gasteiger partial charge in [0.1, 0.15) is 11.6 Å². The molecule has 0 aromatic heterocycles. The average molecular weight is 243 g/mol. The van der Waals surface area contributed by atoms with Gasteiger partial charge in [0.25, 0.3) is 0 Å². The van der Waals surface area contributed by atoms with Crippen molar-refractivity contribution in [1.29, 1.82) is 0 Å². The normalized spacial score (nSPS) is 12.4. The number of hydrogen-bond acceptors (Lipinski definition) is 2. The van der Waals surface area contributed by atoms with Crippen LogP contribution in [0.4, 0.5) is 8.78 Å². The number of aliphatic carboxylic acids is 1. The van der Waals surface area contributed by atoms with E-state index in [9.17, 15) is 13.6 Å². The number of carbonyl (C=O) groups is 1. The highest BCUT2D eigenvalue weighted by Gasteiger charge is 2.08. The van der Waals surface area contributed by atoms with Gasteiger partial charge in [-0.2, -0.15) is 0 Å². The Morgan fingerprint density at radius 1 is 1.35 bits per heavy atom. The number of hydrogen-bond donors (Lipinski definition) is 2. The maximum absolute atomic E-state index is 12.9. The molecule has 0 bridgehead atoms. The fraction of sp³-hybridized carbons (Fsp3) is 0.417. The summed E-state index contributed by atoms with van der Waals surface area (Å²) in [5.41, 5.74) is 0.512. The van der Waals surface area contributed by atoms with Crippen LogP contribution in [-0.4, -0.2) is 17.6 Å². The molecule has 1 aromatic carbocycles. The lowest BCUT2D eigenvalue weighted by Crippen LogP contribution is -2.20. The van der Waals surface area contributed by atoms with E-state index in [0.29, 0.717) is 18.5 Å². The molecule has 0 saturated carbocycles. The minimum atomic E-state index is -0.851. The first kappa shape index (κ1) is 13.6. The predicted octanol–water partition coefficient (Wildman–Crippen LogP) is 2.48. The fourth-order valence-electron chi connectivity index (χ4n) is 1.50. The maximum Gasteiger partial charge on any atom is 0.303 e. The summed E-state index contributed by atoms with van der Waals surface area (Å²) in [4.78, 5) is 10.3. The molecular weight excluding hydrogens is 228 g/mol. The molecule has 1 rings (SSSR count). The Kier molecular flexibility index (Phi) is 5.03. The molecule has 3 nitrogen and oxygen atoms in total. The van der Waals surface area contributed by atoms with E-state index in [1.54, 1.807) is 6.92 Å². The van der Waals surface area contributed by atoms with Crippen molar-refractivity contribution in [3.8, 4) is 0 Å². The summed E-state index contributed by atoms with van der Waals surface area (Å²) < 4.78 is 25.9. The Morgan fingerprint density at radius 2 is 1.94 bits per heavy atom. The van der Waals surface area contributed by atoms with Gasteiger partial charge in [0.15, 0.2) is 0 Å². The summed E-state index contributed by atoms with van der Waals surface area (Å²) in [6.07, 6.45) is 0.564. The van der Waals surface area contributed by atoms with Crippen molar-refractivity contribution in [3.05, 3.63) is 35.4 Å². The van der Waals surface area contributed by atoms with Gasteiger partial charge in [0.2, 0.25) is 0 Å². The molecule has 1 atom stereocenters. The third-order valence-corrected chi connectivity index (χ3v) is 2.40. The Hall–Kier alpha value is -1.49. The maximum atomic E-state index is 12.9. The largest absolute Gasteiger partial charge is 0.481 e. The van der Waals surface area contributed by atoms with E-state index in [-0.39, 0.29) is 12.5 Å². The van der Waals surface area contributed by atoms with Crippen molar-refractivity contribution in [2.75, 3.05) is 6.54 Å². The van der Waals surface area contributed by atoms with Crippen LogP contribution in [-0.2, 0) is 4.79 Å². The lowest BCUT2D eigenvalue weighted by Gasteiger charge is -2.14. The van der Waals surface area contributed by atoms with Gasteiger partial charge in [0.05, 0.1) is 0 Å². The smallest absolute Gasteiger partial charge is 0.303 e. The zero-order valence-corrected chi connectivity index (χ0v) is 9.54. The van der Waals surface area contributed by atoms with E-state index in [4.69, 9.17) is 5.11 Å². The van der Waals surface area contributed by atoms with E-state index in [1.807, 2.05) is 0 Å². The highest BCUT2D eigenvalue weighted by atomic mass is 19.1. The van der Waals surface area contributed by atoms with E-state index < -0.39 is 17.6 Å². The standard InChI is InChI=1S/C12H15F2NO2/c1-8(15-4-2-3-12(16)17)9-5-10(13)7-11(14)6-9/h5-8,15H,2-4H2,1H3,(H,16,17). The molecule has 0 aliphatic heterocycles. The van der Waals surface area contributed by atoms with Crippen molar-refractivity contribution in [2.24, 2.45) is 0 Å². The van der Waals surface area contributed by atoms with Gasteiger partial charge in [-0.15, -0.1) is 0 Å². The van der Waals surface area contributed by atoms with Gasteiger partial charge in [-0.3, -0.25) is 4.79 Å². The van der Waals surface area contributed by atoms with Crippen LogP contribution in [0.3, 0.4) is 0 Å². The van der Waals surface area contributed by atoms with Gasteiger partial charge in [-0.1, -0.05) is 0 Å². The summed E-state index contributed by atoms with van der Waals surface area (Å²) in [5.74, 6) is -2.07. The molecule has 0 aliphatic carbocycles. The van der Waals surface area contributed by atoms with Crippen LogP contribution >= 0.6 is 0 Å². The zero-order chi connectivity index (χ0) is 12.8. The first-order valence-corrected chi connectivity index (χ1v) is 5.40. The summed E-state index contributed by atoms with van der Waals surface area (Å²) in [6, 6.07) is 3.13. The van der Waals surface area contributed by atoms with E-state index in [2.05, 4.69) is 5.32 Å². The molecule has 0 heterocycles. The first-order valence-electron chi connectivity index (χ1n) is 5.40. The molecule has 0 spiro atoms. The molecule has 5 heteroatoms. The number of benzene rings is 1. The lowest BCUT2D eigenvalue weighted by atomic mass is 10.1. The van der Waals surface area contributed by atoms with Crippen molar-refractivity contribution in [1.82, 2.24) is 5.32 Å². The minimum absolute atomic E-state index is 0.0806. The Morgan fingerprint density at radius 3 is 2.47 bits per heavy atom. The molecule has 94 valence electrons. The van der Waals surface area contributed by atoms with E-state index in [1.165, 1.54) is 12.1 Å². The van der Waals surface area contributed by atoms with Crippen LogP contribution < -0.4 is 5.32 Å². The van der Waals surface area contributed by atoms with Crippen LogP contribution in [0.25, 0.3) is 0 Å². The molecule has 0 aliphatic rings.